The number of carbonyl (C=O) groups is 3. The first kappa shape index (κ1) is 27.7. The van der Waals surface area contributed by atoms with Crippen LogP contribution < -0.4 is 20.3 Å². The van der Waals surface area contributed by atoms with E-state index in [9.17, 15) is 14.4 Å². The molecule has 1 fully saturated rings. The Morgan fingerprint density at radius 1 is 1.25 bits per heavy atom. The van der Waals surface area contributed by atoms with Gasteiger partial charge < -0.3 is 29.3 Å². The maximum absolute atomic E-state index is 12.7. The van der Waals surface area contributed by atoms with Crippen LogP contribution in [0.1, 0.15) is 48.0 Å². The zero-order valence-electron chi connectivity index (χ0n) is 22.4. The van der Waals surface area contributed by atoms with Crippen molar-refractivity contribution < 1.29 is 33.0 Å². The van der Waals surface area contributed by atoms with Crippen LogP contribution in [0.5, 0.6) is 5.75 Å². The van der Waals surface area contributed by atoms with Crippen LogP contribution in [-0.4, -0.2) is 68.9 Å². The summed E-state index contributed by atoms with van der Waals surface area (Å²) in [7, 11) is -2.19. The summed E-state index contributed by atoms with van der Waals surface area (Å²) < 4.78 is 22.9. The van der Waals surface area contributed by atoms with Crippen molar-refractivity contribution in [3.05, 3.63) is 12.1 Å². The van der Waals surface area contributed by atoms with Crippen LogP contribution in [0.3, 0.4) is 0 Å². The van der Waals surface area contributed by atoms with E-state index >= 15 is 0 Å². The normalized spacial score (nSPS) is 19.1. The van der Waals surface area contributed by atoms with E-state index in [4.69, 9.17) is 18.6 Å². The van der Waals surface area contributed by atoms with Crippen LogP contribution >= 0.6 is 0 Å². The number of hydrogen-bond donors (Lipinski definition) is 2. The van der Waals surface area contributed by atoms with Crippen molar-refractivity contribution in [3.8, 4) is 5.75 Å². The van der Waals surface area contributed by atoms with Crippen molar-refractivity contribution in [2.45, 2.75) is 83.9 Å². The van der Waals surface area contributed by atoms with Crippen molar-refractivity contribution in [2.24, 2.45) is 0 Å². The highest BCUT2D eigenvalue weighted by atomic mass is 28.4. The zero-order chi connectivity index (χ0) is 26.9. The SMILES string of the molecule is CC(C)(C)OC(=O)NCC(CC1CN(c2ccc3c(n2)NC(=O)CO3)C(=O)O1)O[Si](C)(C)C(C)(C)C. The third kappa shape index (κ3) is 7.09. The highest BCUT2D eigenvalue weighted by molar-refractivity contribution is 6.74. The summed E-state index contributed by atoms with van der Waals surface area (Å²) in [5, 5.41) is 5.39. The van der Waals surface area contributed by atoms with Crippen molar-refractivity contribution in [2.75, 3.05) is 29.9 Å². The summed E-state index contributed by atoms with van der Waals surface area (Å²) in [5.41, 5.74) is -0.617. The molecule has 2 N–H and O–H groups in total. The summed E-state index contributed by atoms with van der Waals surface area (Å²) in [6, 6.07) is 3.31. The lowest BCUT2D eigenvalue weighted by atomic mass is 10.1. The summed E-state index contributed by atoms with van der Waals surface area (Å²) in [6.45, 7) is 16.5. The predicted octanol–water partition coefficient (Wildman–Crippen LogP) is 4.04. The largest absolute Gasteiger partial charge is 0.480 e. The van der Waals surface area contributed by atoms with Gasteiger partial charge in [-0.15, -0.1) is 0 Å². The first-order valence-electron chi connectivity index (χ1n) is 12.1. The van der Waals surface area contributed by atoms with Crippen molar-refractivity contribution in [1.29, 1.82) is 0 Å². The van der Waals surface area contributed by atoms with Gasteiger partial charge in [-0.05, 0) is 51.0 Å². The van der Waals surface area contributed by atoms with Crippen LogP contribution in [-0.2, 0) is 18.7 Å². The number of ether oxygens (including phenoxy) is 3. The minimum absolute atomic E-state index is 0.0465. The van der Waals surface area contributed by atoms with Crippen LogP contribution in [0, 0.1) is 0 Å². The second-order valence-corrected chi connectivity index (χ2v) is 16.3. The first-order chi connectivity index (χ1) is 16.5. The molecule has 2 unspecified atom stereocenters. The maximum Gasteiger partial charge on any atom is 0.415 e. The molecule has 200 valence electrons. The van der Waals surface area contributed by atoms with Gasteiger partial charge in [0.25, 0.3) is 5.91 Å². The molecule has 0 aliphatic carbocycles. The topological polar surface area (TPSA) is 128 Å². The van der Waals surface area contributed by atoms with Gasteiger partial charge >= 0.3 is 12.2 Å². The fourth-order valence-corrected chi connectivity index (χ4v) is 4.87. The Morgan fingerprint density at radius 2 is 1.94 bits per heavy atom. The molecule has 1 saturated heterocycles. The van der Waals surface area contributed by atoms with Crippen molar-refractivity contribution >= 4 is 38.0 Å². The predicted molar refractivity (Wildman–Crippen MR) is 137 cm³/mol. The van der Waals surface area contributed by atoms with E-state index in [0.29, 0.717) is 18.0 Å². The molecule has 1 aromatic heterocycles. The molecule has 2 aliphatic heterocycles. The molecule has 0 bridgehead atoms. The molecule has 36 heavy (non-hydrogen) atoms. The number of cyclic esters (lactones) is 1. The lowest BCUT2D eigenvalue weighted by Gasteiger charge is -2.39. The lowest BCUT2D eigenvalue weighted by Crippen LogP contribution is -2.48. The second kappa shape index (κ2) is 10.2. The number of anilines is 2. The summed E-state index contributed by atoms with van der Waals surface area (Å²) >= 11 is 0. The summed E-state index contributed by atoms with van der Waals surface area (Å²) in [6.07, 6.45) is -1.55. The van der Waals surface area contributed by atoms with E-state index in [0.717, 1.165) is 0 Å². The van der Waals surface area contributed by atoms with Gasteiger partial charge in [-0.25, -0.2) is 14.6 Å². The van der Waals surface area contributed by atoms with E-state index < -0.39 is 32.2 Å². The Kier molecular flexibility index (Phi) is 7.89. The number of rotatable bonds is 7. The smallest absolute Gasteiger partial charge is 0.415 e. The third-order valence-electron chi connectivity index (χ3n) is 6.28. The molecule has 0 spiro atoms. The lowest BCUT2D eigenvalue weighted by molar-refractivity contribution is -0.118. The van der Waals surface area contributed by atoms with Gasteiger partial charge in [0, 0.05) is 13.0 Å². The van der Waals surface area contributed by atoms with Crippen LogP contribution in [0.25, 0.3) is 0 Å². The Labute approximate surface area is 213 Å². The van der Waals surface area contributed by atoms with E-state index in [1.165, 1.54) is 4.90 Å². The number of aromatic nitrogens is 1. The van der Waals surface area contributed by atoms with Gasteiger partial charge in [0.1, 0.15) is 17.5 Å². The van der Waals surface area contributed by atoms with Crippen LogP contribution in [0.15, 0.2) is 12.1 Å². The molecule has 1 aromatic rings. The molecule has 11 nitrogen and oxygen atoms in total. The maximum atomic E-state index is 12.7. The summed E-state index contributed by atoms with van der Waals surface area (Å²) in [4.78, 5) is 42.4. The van der Waals surface area contributed by atoms with Gasteiger partial charge in [-0.1, -0.05) is 20.8 Å². The fourth-order valence-electron chi connectivity index (χ4n) is 3.51. The number of pyridine rings is 1. The molecular formula is C24H38N4O7Si. The number of alkyl carbamates (subject to hydrolysis) is 1. The Morgan fingerprint density at radius 3 is 2.58 bits per heavy atom. The number of amides is 3. The van der Waals surface area contributed by atoms with Gasteiger partial charge in [-0.3, -0.25) is 9.69 Å². The van der Waals surface area contributed by atoms with Crippen molar-refractivity contribution in [1.82, 2.24) is 10.3 Å². The second-order valence-electron chi connectivity index (χ2n) is 11.6. The first-order valence-corrected chi connectivity index (χ1v) is 15.0. The van der Waals surface area contributed by atoms with Gasteiger partial charge in [0.15, 0.2) is 26.5 Å². The van der Waals surface area contributed by atoms with E-state index in [2.05, 4.69) is 49.5 Å². The molecule has 0 aromatic carbocycles. The molecule has 3 heterocycles. The molecule has 0 saturated carbocycles. The third-order valence-corrected chi connectivity index (χ3v) is 10.8. The van der Waals surface area contributed by atoms with E-state index in [1.54, 1.807) is 32.9 Å². The Balaban J connectivity index is 1.70. The van der Waals surface area contributed by atoms with Gasteiger partial charge in [-0.2, -0.15) is 0 Å². The number of fused-ring (bicyclic) bond motifs is 1. The molecule has 3 amide bonds. The van der Waals surface area contributed by atoms with Crippen LogP contribution in [0.4, 0.5) is 21.2 Å². The van der Waals surface area contributed by atoms with Crippen molar-refractivity contribution in [3.63, 3.8) is 0 Å². The van der Waals surface area contributed by atoms with Gasteiger partial charge in [0.05, 0.1) is 12.6 Å². The standard InChI is InChI=1S/C24H38N4O7Si/c1-23(2,3)34-21(30)25-12-15(35-36(7,8)24(4,5)6)11-16-13-28(22(31)33-16)18-10-9-17-20(26-18)27-19(29)14-32-17/h9-10,15-16H,11-14H2,1-8H3,(H,25,30)(H,26,27,29). The molecule has 2 atom stereocenters. The Bertz CT molecular complexity index is 1000. The minimum atomic E-state index is -2.19. The monoisotopic (exact) mass is 522 g/mol. The van der Waals surface area contributed by atoms with E-state index in [-0.39, 0.29) is 42.6 Å². The quantitative estimate of drug-likeness (QED) is 0.514. The molecule has 0 radical (unpaired) electrons. The highest BCUT2D eigenvalue weighted by Gasteiger charge is 2.41. The zero-order valence-corrected chi connectivity index (χ0v) is 23.4. The molecule has 2 aliphatic rings. The number of nitrogens with one attached hydrogen (secondary N) is 2. The van der Waals surface area contributed by atoms with Crippen LogP contribution in [0.2, 0.25) is 18.1 Å². The number of hydrogen-bond acceptors (Lipinski definition) is 8. The molecule has 12 heteroatoms. The number of nitrogens with zero attached hydrogens (tertiary/aromatic N) is 2. The average molecular weight is 523 g/mol. The van der Waals surface area contributed by atoms with E-state index in [1.807, 2.05) is 0 Å². The van der Waals surface area contributed by atoms with Gasteiger partial charge in [0.2, 0.25) is 0 Å². The Hall–Kier alpha value is -2.86. The number of carbonyl (C=O) groups excluding carboxylic acids is 3. The molecular weight excluding hydrogens is 484 g/mol. The summed E-state index contributed by atoms with van der Waals surface area (Å²) in [5.74, 6) is 0.747. The molecule has 3 rings (SSSR count). The average Bonchev–Trinajstić information content (AvgIpc) is 3.09. The fraction of sp³-hybridized carbons (Fsp3) is 0.667. The highest BCUT2D eigenvalue weighted by Crippen LogP contribution is 2.38. The minimum Gasteiger partial charge on any atom is -0.480 e.